The fourth-order valence-corrected chi connectivity index (χ4v) is 3.04. The van der Waals surface area contributed by atoms with Crippen molar-refractivity contribution in [2.24, 2.45) is 11.8 Å². The van der Waals surface area contributed by atoms with Crippen molar-refractivity contribution >= 4 is 0 Å². The van der Waals surface area contributed by atoms with Crippen LogP contribution < -0.4 is 4.74 Å². The van der Waals surface area contributed by atoms with Crippen molar-refractivity contribution in [3.05, 3.63) is 29.8 Å². The van der Waals surface area contributed by atoms with Crippen LogP contribution in [0.1, 0.15) is 38.2 Å². The zero-order valence-corrected chi connectivity index (χ0v) is 11.4. The standard InChI is InChI=1S/C16H24O2/c1-12-5-3-7-14(9-12)16(17)11-13-6-4-8-15(10-13)18-2/h4,6,8,10,12,14,16-17H,3,5,7,9,11H2,1-2H3. The number of methoxy groups -OCH3 is 1. The summed E-state index contributed by atoms with van der Waals surface area (Å²) in [5.74, 6) is 2.11. The van der Waals surface area contributed by atoms with E-state index in [1.54, 1.807) is 7.11 Å². The molecule has 1 aliphatic carbocycles. The van der Waals surface area contributed by atoms with Crippen LogP contribution in [-0.4, -0.2) is 18.3 Å². The van der Waals surface area contributed by atoms with E-state index in [2.05, 4.69) is 13.0 Å². The Bertz CT molecular complexity index is 375. The molecule has 0 heterocycles. The van der Waals surface area contributed by atoms with Crippen molar-refractivity contribution in [2.45, 2.75) is 45.1 Å². The summed E-state index contributed by atoms with van der Waals surface area (Å²) in [6.45, 7) is 2.30. The molecule has 0 amide bonds. The summed E-state index contributed by atoms with van der Waals surface area (Å²) in [5.41, 5.74) is 1.17. The molecule has 0 aliphatic heterocycles. The van der Waals surface area contributed by atoms with Crippen LogP contribution in [0.4, 0.5) is 0 Å². The zero-order valence-electron chi connectivity index (χ0n) is 11.4. The van der Waals surface area contributed by atoms with Gasteiger partial charge < -0.3 is 9.84 Å². The van der Waals surface area contributed by atoms with Gasteiger partial charge in [0, 0.05) is 0 Å². The summed E-state index contributed by atoms with van der Waals surface area (Å²) >= 11 is 0. The highest BCUT2D eigenvalue weighted by Crippen LogP contribution is 2.32. The van der Waals surface area contributed by atoms with Gasteiger partial charge >= 0.3 is 0 Å². The Labute approximate surface area is 110 Å². The molecule has 0 spiro atoms. The highest BCUT2D eigenvalue weighted by atomic mass is 16.5. The SMILES string of the molecule is COc1cccc(CC(O)C2CCCC(C)C2)c1. The van der Waals surface area contributed by atoms with Gasteiger partial charge in [0.25, 0.3) is 0 Å². The minimum Gasteiger partial charge on any atom is -0.497 e. The lowest BCUT2D eigenvalue weighted by molar-refractivity contribution is 0.0720. The lowest BCUT2D eigenvalue weighted by atomic mass is 9.78. The molecule has 0 aromatic heterocycles. The smallest absolute Gasteiger partial charge is 0.119 e. The van der Waals surface area contributed by atoms with Crippen LogP contribution in [0.15, 0.2) is 24.3 Å². The third-order valence-corrected chi connectivity index (χ3v) is 4.10. The van der Waals surface area contributed by atoms with Gasteiger partial charge in [-0.1, -0.05) is 31.9 Å². The second-order valence-electron chi connectivity index (χ2n) is 5.65. The van der Waals surface area contributed by atoms with Gasteiger partial charge in [-0.3, -0.25) is 0 Å². The predicted molar refractivity (Wildman–Crippen MR) is 73.8 cm³/mol. The third kappa shape index (κ3) is 3.49. The molecule has 2 heteroatoms. The molecule has 1 aromatic carbocycles. The van der Waals surface area contributed by atoms with Gasteiger partial charge in [0.15, 0.2) is 0 Å². The molecule has 1 N–H and O–H groups in total. The number of benzene rings is 1. The van der Waals surface area contributed by atoms with Gasteiger partial charge in [0.2, 0.25) is 0 Å². The van der Waals surface area contributed by atoms with E-state index in [0.717, 1.165) is 18.1 Å². The Hall–Kier alpha value is -1.02. The van der Waals surface area contributed by atoms with Gasteiger partial charge in [-0.25, -0.2) is 0 Å². The number of hydrogen-bond donors (Lipinski definition) is 1. The predicted octanol–water partition coefficient (Wildman–Crippen LogP) is 3.42. The largest absolute Gasteiger partial charge is 0.497 e. The van der Waals surface area contributed by atoms with E-state index in [0.29, 0.717) is 5.92 Å². The van der Waals surface area contributed by atoms with Gasteiger partial charge in [-0.15, -0.1) is 0 Å². The van der Waals surface area contributed by atoms with E-state index in [1.807, 2.05) is 18.2 Å². The monoisotopic (exact) mass is 248 g/mol. The maximum Gasteiger partial charge on any atom is 0.119 e. The lowest BCUT2D eigenvalue weighted by Gasteiger charge is -2.30. The molecule has 1 aromatic rings. The molecule has 2 rings (SSSR count). The van der Waals surface area contributed by atoms with Crippen LogP contribution in [0, 0.1) is 11.8 Å². The van der Waals surface area contributed by atoms with Crippen molar-refractivity contribution in [1.82, 2.24) is 0 Å². The highest BCUT2D eigenvalue weighted by molar-refractivity contribution is 5.28. The van der Waals surface area contributed by atoms with E-state index in [1.165, 1.54) is 31.2 Å². The highest BCUT2D eigenvalue weighted by Gasteiger charge is 2.25. The minimum atomic E-state index is -0.208. The van der Waals surface area contributed by atoms with Crippen molar-refractivity contribution in [2.75, 3.05) is 7.11 Å². The van der Waals surface area contributed by atoms with E-state index in [9.17, 15) is 5.11 Å². The normalized spacial score (nSPS) is 25.7. The summed E-state index contributed by atoms with van der Waals surface area (Å²) in [4.78, 5) is 0. The molecule has 3 unspecified atom stereocenters. The van der Waals surface area contributed by atoms with Crippen LogP contribution in [-0.2, 0) is 6.42 Å². The van der Waals surface area contributed by atoms with Gasteiger partial charge in [0.05, 0.1) is 13.2 Å². The molecule has 18 heavy (non-hydrogen) atoms. The summed E-state index contributed by atoms with van der Waals surface area (Å²) in [6, 6.07) is 8.02. The van der Waals surface area contributed by atoms with Crippen molar-refractivity contribution in [3.63, 3.8) is 0 Å². The number of rotatable bonds is 4. The third-order valence-electron chi connectivity index (χ3n) is 4.10. The Morgan fingerprint density at radius 1 is 1.39 bits per heavy atom. The van der Waals surface area contributed by atoms with Crippen LogP contribution >= 0.6 is 0 Å². The van der Waals surface area contributed by atoms with Gasteiger partial charge in [0.1, 0.15) is 5.75 Å². The first-order valence-corrected chi connectivity index (χ1v) is 7.00. The lowest BCUT2D eigenvalue weighted by Crippen LogP contribution is -2.27. The second-order valence-corrected chi connectivity index (χ2v) is 5.65. The average molecular weight is 248 g/mol. The van der Waals surface area contributed by atoms with Crippen LogP contribution in [0.2, 0.25) is 0 Å². The fraction of sp³-hybridized carbons (Fsp3) is 0.625. The van der Waals surface area contributed by atoms with Crippen molar-refractivity contribution < 1.29 is 9.84 Å². The Balaban J connectivity index is 1.95. The summed E-state index contributed by atoms with van der Waals surface area (Å²) in [5, 5.41) is 10.4. The molecule has 1 saturated carbocycles. The minimum absolute atomic E-state index is 0.208. The quantitative estimate of drug-likeness (QED) is 0.884. The van der Waals surface area contributed by atoms with Crippen molar-refractivity contribution in [1.29, 1.82) is 0 Å². The van der Waals surface area contributed by atoms with E-state index < -0.39 is 0 Å². The molecule has 2 nitrogen and oxygen atoms in total. The van der Waals surface area contributed by atoms with Gasteiger partial charge in [-0.2, -0.15) is 0 Å². The fourth-order valence-electron chi connectivity index (χ4n) is 3.04. The summed E-state index contributed by atoms with van der Waals surface area (Å²) in [6.07, 6.45) is 5.47. The van der Waals surface area contributed by atoms with E-state index in [4.69, 9.17) is 4.74 Å². The topological polar surface area (TPSA) is 29.5 Å². The van der Waals surface area contributed by atoms with Crippen LogP contribution in [0.3, 0.4) is 0 Å². The molecule has 0 radical (unpaired) electrons. The van der Waals surface area contributed by atoms with E-state index in [-0.39, 0.29) is 6.10 Å². The molecule has 0 saturated heterocycles. The summed E-state index contributed by atoms with van der Waals surface area (Å²) < 4.78 is 5.22. The maximum absolute atomic E-state index is 10.4. The van der Waals surface area contributed by atoms with E-state index >= 15 is 0 Å². The number of aliphatic hydroxyl groups excluding tert-OH is 1. The summed E-state index contributed by atoms with van der Waals surface area (Å²) in [7, 11) is 1.68. The maximum atomic E-state index is 10.4. The molecular formula is C16H24O2. The van der Waals surface area contributed by atoms with Gasteiger partial charge in [-0.05, 0) is 48.8 Å². The van der Waals surface area contributed by atoms with Crippen LogP contribution in [0.25, 0.3) is 0 Å². The van der Waals surface area contributed by atoms with Crippen molar-refractivity contribution in [3.8, 4) is 5.75 Å². The number of ether oxygens (including phenoxy) is 1. The number of hydrogen-bond acceptors (Lipinski definition) is 2. The average Bonchev–Trinajstić information content (AvgIpc) is 2.39. The first kappa shape index (κ1) is 13.4. The Morgan fingerprint density at radius 3 is 2.94 bits per heavy atom. The zero-order chi connectivity index (χ0) is 13.0. The first-order valence-electron chi connectivity index (χ1n) is 7.00. The molecular weight excluding hydrogens is 224 g/mol. The first-order chi connectivity index (χ1) is 8.69. The molecule has 1 fully saturated rings. The number of aliphatic hydroxyl groups is 1. The molecule has 0 bridgehead atoms. The second kappa shape index (κ2) is 6.24. The molecule has 1 aliphatic rings. The molecule has 3 atom stereocenters. The Kier molecular flexibility index (Phi) is 4.65. The Morgan fingerprint density at radius 2 is 2.22 bits per heavy atom. The molecule has 100 valence electrons. The van der Waals surface area contributed by atoms with Crippen LogP contribution in [0.5, 0.6) is 5.75 Å².